The molecule has 10 nitrogen and oxygen atoms in total. The fraction of sp³-hybridized carbons (Fsp3) is 0.441. The molecule has 3 amide bonds. The van der Waals surface area contributed by atoms with Gasteiger partial charge in [0.25, 0.3) is 17.7 Å². The van der Waals surface area contributed by atoms with Gasteiger partial charge in [-0.2, -0.15) is 0 Å². The van der Waals surface area contributed by atoms with E-state index in [0.29, 0.717) is 37.1 Å². The molecule has 1 aliphatic carbocycles. The largest absolute Gasteiger partial charge is 0.480 e. The van der Waals surface area contributed by atoms with Gasteiger partial charge in [0, 0.05) is 24.7 Å². The first kappa shape index (κ1) is 33.3. The normalized spacial score (nSPS) is 22.1. The average molecular weight is 654 g/mol. The van der Waals surface area contributed by atoms with Gasteiger partial charge < -0.3 is 19.3 Å². The number of amides is 3. The van der Waals surface area contributed by atoms with Crippen molar-refractivity contribution in [2.75, 3.05) is 19.3 Å². The van der Waals surface area contributed by atoms with E-state index in [0.717, 1.165) is 11.8 Å². The van der Waals surface area contributed by atoms with Gasteiger partial charge in [0.1, 0.15) is 23.3 Å². The van der Waals surface area contributed by atoms with Crippen molar-refractivity contribution in [2.24, 2.45) is 0 Å². The van der Waals surface area contributed by atoms with Crippen LogP contribution in [0.5, 0.6) is 5.75 Å². The predicted molar refractivity (Wildman–Crippen MR) is 171 cm³/mol. The van der Waals surface area contributed by atoms with E-state index in [2.05, 4.69) is 6.08 Å². The van der Waals surface area contributed by atoms with Crippen molar-refractivity contribution in [1.82, 2.24) is 14.5 Å². The Morgan fingerprint density at radius 1 is 1.15 bits per heavy atom. The summed E-state index contributed by atoms with van der Waals surface area (Å²) in [6.07, 6.45) is 6.91. The number of para-hydroxylation sites is 1. The fourth-order valence-electron chi connectivity index (χ4n) is 6.28. The molecule has 2 unspecified atom stereocenters. The van der Waals surface area contributed by atoms with Gasteiger partial charge in [-0.25, -0.2) is 12.8 Å². The number of ether oxygens (including phenoxy) is 2. The first-order valence-electron chi connectivity index (χ1n) is 15.4. The summed E-state index contributed by atoms with van der Waals surface area (Å²) in [6.45, 7) is 7.98. The van der Waals surface area contributed by atoms with E-state index in [1.54, 1.807) is 56.0 Å². The number of likely N-dealkylation sites (tertiary alicyclic amines) is 1. The average Bonchev–Trinajstić information content (AvgIpc) is 3.00. The maximum atomic E-state index is 15.5. The second-order valence-corrected chi connectivity index (χ2v) is 14.3. The highest BCUT2D eigenvalue weighted by molar-refractivity contribution is 7.89. The summed E-state index contributed by atoms with van der Waals surface area (Å²) in [6, 6.07) is 10.7. The Bertz CT molecular complexity index is 1700. The van der Waals surface area contributed by atoms with Gasteiger partial charge in [0.05, 0.1) is 17.9 Å². The third-order valence-corrected chi connectivity index (χ3v) is 9.15. The topological polar surface area (TPSA) is 122 Å². The SMILES string of the molecule is CC[C@@H](Oc1ccccc1-c1ccc(C(=O)N2CCC(N3C(=O)C(C)(C)OC4C=CC(C)=CC43)CC2)c(F)c1)C(=O)NS(C)(=O)=O. The van der Waals surface area contributed by atoms with Crippen LogP contribution in [0.1, 0.15) is 57.3 Å². The van der Waals surface area contributed by atoms with Crippen molar-refractivity contribution < 1.29 is 36.7 Å². The van der Waals surface area contributed by atoms with Gasteiger partial charge >= 0.3 is 0 Å². The van der Waals surface area contributed by atoms with Gasteiger partial charge in [0.15, 0.2) is 6.10 Å². The smallest absolute Gasteiger partial charge is 0.274 e. The van der Waals surface area contributed by atoms with Crippen molar-refractivity contribution in [3.8, 4) is 16.9 Å². The van der Waals surface area contributed by atoms with Gasteiger partial charge in [-0.3, -0.25) is 19.1 Å². The Labute approximate surface area is 269 Å². The molecule has 2 aromatic carbocycles. The number of hydrogen-bond donors (Lipinski definition) is 1. The lowest BCUT2D eigenvalue weighted by atomic mass is 9.89. The van der Waals surface area contributed by atoms with Crippen LogP contribution in [0.2, 0.25) is 0 Å². The molecule has 5 rings (SSSR count). The van der Waals surface area contributed by atoms with E-state index in [1.165, 1.54) is 12.1 Å². The van der Waals surface area contributed by atoms with E-state index in [9.17, 15) is 22.8 Å². The zero-order chi connectivity index (χ0) is 33.4. The van der Waals surface area contributed by atoms with Crippen LogP contribution < -0.4 is 9.46 Å². The molecule has 46 heavy (non-hydrogen) atoms. The molecule has 2 heterocycles. The Kier molecular flexibility index (Phi) is 9.42. The molecule has 3 atom stereocenters. The van der Waals surface area contributed by atoms with Crippen LogP contribution >= 0.6 is 0 Å². The monoisotopic (exact) mass is 653 g/mol. The minimum absolute atomic E-state index is 0.0702. The van der Waals surface area contributed by atoms with Crippen LogP contribution in [-0.2, 0) is 24.3 Å². The number of nitrogens with one attached hydrogen (secondary N) is 1. The molecule has 0 aromatic heterocycles. The minimum Gasteiger partial charge on any atom is -0.480 e. The Balaban J connectivity index is 1.29. The summed E-state index contributed by atoms with van der Waals surface area (Å²) in [7, 11) is -3.78. The highest BCUT2D eigenvalue weighted by atomic mass is 32.2. The number of sulfonamides is 1. The number of rotatable bonds is 8. The number of carbonyl (C=O) groups excluding carboxylic acids is 3. The number of fused-ring (bicyclic) bond motifs is 1. The molecule has 3 aliphatic rings. The number of piperidine rings is 1. The van der Waals surface area contributed by atoms with Crippen LogP contribution in [0, 0.1) is 5.82 Å². The summed E-state index contributed by atoms with van der Waals surface area (Å²) in [5, 5.41) is 0. The molecule has 0 radical (unpaired) electrons. The molecule has 0 spiro atoms. The summed E-state index contributed by atoms with van der Waals surface area (Å²) >= 11 is 0. The maximum Gasteiger partial charge on any atom is 0.274 e. The molecule has 12 heteroatoms. The van der Waals surface area contributed by atoms with Crippen LogP contribution in [-0.4, -0.2) is 85.2 Å². The molecular weight excluding hydrogens is 613 g/mol. The van der Waals surface area contributed by atoms with E-state index < -0.39 is 39.4 Å². The van der Waals surface area contributed by atoms with Gasteiger partial charge in [-0.1, -0.05) is 55.0 Å². The van der Waals surface area contributed by atoms with Crippen molar-refractivity contribution in [3.63, 3.8) is 0 Å². The zero-order valence-corrected chi connectivity index (χ0v) is 27.5. The summed E-state index contributed by atoms with van der Waals surface area (Å²) in [5.74, 6) is -1.76. The predicted octanol–water partition coefficient (Wildman–Crippen LogP) is 4.22. The molecule has 246 valence electrons. The summed E-state index contributed by atoms with van der Waals surface area (Å²) in [4.78, 5) is 43.0. The number of allylic oxidation sites excluding steroid dienone is 2. The molecule has 0 saturated carbocycles. The molecule has 2 aromatic rings. The van der Waals surface area contributed by atoms with Crippen molar-refractivity contribution in [1.29, 1.82) is 0 Å². The van der Waals surface area contributed by atoms with E-state index in [-0.39, 0.29) is 41.8 Å². The van der Waals surface area contributed by atoms with Crippen molar-refractivity contribution >= 4 is 27.7 Å². The van der Waals surface area contributed by atoms with Crippen LogP contribution in [0.4, 0.5) is 4.39 Å². The lowest BCUT2D eigenvalue weighted by molar-refractivity contribution is -0.186. The second kappa shape index (κ2) is 13.0. The molecule has 1 N–H and O–H groups in total. The third kappa shape index (κ3) is 7.02. The summed E-state index contributed by atoms with van der Waals surface area (Å²) in [5.41, 5.74) is 0.927. The maximum absolute atomic E-state index is 15.5. The van der Waals surface area contributed by atoms with E-state index in [4.69, 9.17) is 9.47 Å². The number of morpholine rings is 1. The lowest BCUT2D eigenvalue weighted by Crippen LogP contribution is -2.65. The van der Waals surface area contributed by atoms with Gasteiger partial charge in [-0.15, -0.1) is 0 Å². The number of nitrogens with zero attached hydrogens (tertiary/aromatic N) is 2. The standard InChI is InChI=1S/C34H40FN3O7S/c1-6-28(31(39)36-46(5,42)43)44-29-10-8-7-9-24(29)22-12-13-25(26(35)20-22)32(40)37-17-15-23(16-18-37)38-27-19-21(2)11-14-30(27)45-34(3,4)33(38)41/h7-14,19-20,23,27-28,30H,6,15-18H2,1-5H3,(H,36,39)/t27?,28-,30?/m1/s1. The van der Waals surface area contributed by atoms with E-state index >= 15 is 4.39 Å². The number of carbonyl (C=O) groups is 3. The quantitative estimate of drug-likeness (QED) is 0.453. The molecule has 2 aliphatic heterocycles. The van der Waals surface area contributed by atoms with E-state index in [1.807, 2.05) is 28.7 Å². The molecule has 2 fully saturated rings. The number of halogens is 1. The second-order valence-electron chi connectivity index (χ2n) is 12.5. The Morgan fingerprint density at radius 2 is 1.85 bits per heavy atom. The van der Waals surface area contributed by atoms with Gasteiger partial charge in [-0.05, 0) is 63.8 Å². The highest BCUT2D eigenvalue weighted by Crippen LogP contribution is 2.36. The first-order valence-corrected chi connectivity index (χ1v) is 17.3. The summed E-state index contributed by atoms with van der Waals surface area (Å²) < 4.78 is 52.5. The Hall–Kier alpha value is -4.03. The van der Waals surface area contributed by atoms with Crippen LogP contribution in [0.15, 0.2) is 66.3 Å². The molecular formula is C34H40FN3O7S. The van der Waals surface area contributed by atoms with Gasteiger partial charge in [0.2, 0.25) is 10.0 Å². The Morgan fingerprint density at radius 3 is 2.50 bits per heavy atom. The third-order valence-electron chi connectivity index (χ3n) is 8.58. The highest BCUT2D eigenvalue weighted by Gasteiger charge is 2.49. The number of benzene rings is 2. The van der Waals surface area contributed by atoms with Crippen molar-refractivity contribution in [2.45, 2.75) is 76.9 Å². The lowest BCUT2D eigenvalue weighted by Gasteiger charge is -2.51. The van der Waals surface area contributed by atoms with Crippen molar-refractivity contribution in [3.05, 3.63) is 77.6 Å². The number of hydrogen-bond acceptors (Lipinski definition) is 7. The fourth-order valence-corrected chi connectivity index (χ4v) is 6.78. The molecule has 0 bridgehead atoms. The zero-order valence-electron chi connectivity index (χ0n) is 26.7. The molecule has 2 saturated heterocycles. The van der Waals surface area contributed by atoms with Crippen LogP contribution in [0.3, 0.4) is 0 Å². The first-order chi connectivity index (χ1) is 21.7. The minimum atomic E-state index is -3.78. The van der Waals surface area contributed by atoms with Crippen LogP contribution in [0.25, 0.3) is 11.1 Å².